The van der Waals surface area contributed by atoms with E-state index in [1.54, 1.807) is 13.8 Å². The number of hydrogen-bond donors (Lipinski definition) is 3. The Hall–Kier alpha value is -3.27. The fourth-order valence-electron chi connectivity index (χ4n) is 6.57. The van der Waals surface area contributed by atoms with Crippen LogP contribution in [-0.4, -0.2) is 64.5 Å². The molecule has 9 nitrogen and oxygen atoms in total. The van der Waals surface area contributed by atoms with Gasteiger partial charge in [-0.25, -0.2) is 9.97 Å². The van der Waals surface area contributed by atoms with Gasteiger partial charge < -0.3 is 30.3 Å². The van der Waals surface area contributed by atoms with Crippen molar-refractivity contribution in [2.75, 3.05) is 41.9 Å². The molecule has 0 spiro atoms. The van der Waals surface area contributed by atoms with Crippen molar-refractivity contribution in [3.63, 3.8) is 0 Å². The highest BCUT2D eigenvalue weighted by Gasteiger charge is 2.55. The Morgan fingerprint density at radius 1 is 1.19 bits per heavy atom. The first-order valence-electron chi connectivity index (χ1n) is 15.6. The number of anilines is 5. The van der Waals surface area contributed by atoms with Gasteiger partial charge in [0.15, 0.2) is 0 Å². The van der Waals surface area contributed by atoms with Crippen LogP contribution >= 0.6 is 0 Å². The molecule has 0 saturated carbocycles. The van der Waals surface area contributed by atoms with E-state index in [0.29, 0.717) is 24.3 Å². The van der Waals surface area contributed by atoms with Gasteiger partial charge in [0.1, 0.15) is 17.2 Å². The van der Waals surface area contributed by atoms with Crippen molar-refractivity contribution >= 4 is 29.0 Å². The number of fused-ring (bicyclic) bond motifs is 3. The smallest absolute Gasteiger partial charge is 0.229 e. The summed E-state index contributed by atoms with van der Waals surface area (Å²) in [5, 5.41) is 17.5. The summed E-state index contributed by atoms with van der Waals surface area (Å²) in [6.45, 7) is 19.2. The molecule has 0 radical (unpaired) electrons. The van der Waals surface area contributed by atoms with E-state index in [9.17, 15) is 5.11 Å². The number of aromatic nitrogens is 3. The van der Waals surface area contributed by atoms with Crippen molar-refractivity contribution in [2.45, 2.75) is 96.9 Å². The third-order valence-corrected chi connectivity index (χ3v) is 8.97. The van der Waals surface area contributed by atoms with Crippen molar-refractivity contribution in [3.8, 4) is 0 Å². The summed E-state index contributed by atoms with van der Waals surface area (Å²) in [6, 6.07) is 12.8. The maximum Gasteiger partial charge on any atom is 0.229 e. The number of nitrogens with zero attached hydrogens (tertiary/aromatic N) is 5. The number of nitrogens with one attached hydrogen (secondary N) is 2. The van der Waals surface area contributed by atoms with E-state index < -0.39 is 5.60 Å². The molecule has 3 atom stereocenters. The molecule has 2 aliphatic heterocycles. The van der Waals surface area contributed by atoms with Crippen LogP contribution in [0.2, 0.25) is 0 Å². The zero-order chi connectivity index (χ0) is 31.2. The molecule has 3 N–H and O–H groups in total. The van der Waals surface area contributed by atoms with Gasteiger partial charge in [-0.1, -0.05) is 19.9 Å². The van der Waals surface area contributed by atoms with Crippen molar-refractivity contribution in [1.29, 1.82) is 0 Å². The number of aliphatic hydroxyl groups is 1. The summed E-state index contributed by atoms with van der Waals surface area (Å²) in [5.74, 6) is 2.13. The zero-order valence-electron chi connectivity index (χ0n) is 27.3. The molecule has 2 aromatic heterocycles. The zero-order valence-corrected chi connectivity index (χ0v) is 27.3. The van der Waals surface area contributed by atoms with Gasteiger partial charge >= 0.3 is 0 Å². The third-order valence-electron chi connectivity index (χ3n) is 8.97. The number of pyridine rings is 1. The molecular formula is C34H49N7O2. The standard InChI is InChI=1S/C34H49N7O2/c1-10-16-40(23(3)19-35-9)26-15-14-24(17-22(26)2)37-31-36-20-25-30(39-31)41(28-18-32(4,5)43-21-34(25,28)8)29-13-11-12-27(38-29)33(6,7)42/h11-15,17,20,23,28,35,42H,10,16,18-19,21H2,1-9H3,(H,36,37,39)/t23-,28-,34-/m0/s1. The van der Waals surface area contributed by atoms with Gasteiger partial charge in [-0.05, 0) is 97.3 Å². The van der Waals surface area contributed by atoms with E-state index in [4.69, 9.17) is 19.7 Å². The lowest BCUT2D eigenvalue weighted by atomic mass is 9.73. The Kier molecular flexibility index (Phi) is 8.46. The van der Waals surface area contributed by atoms with Crippen molar-refractivity contribution < 1.29 is 9.84 Å². The van der Waals surface area contributed by atoms with E-state index in [2.05, 4.69) is 80.2 Å². The lowest BCUT2D eigenvalue weighted by Crippen LogP contribution is -2.54. The molecule has 43 heavy (non-hydrogen) atoms. The van der Waals surface area contributed by atoms with Gasteiger partial charge in [0.2, 0.25) is 5.95 Å². The van der Waals surface area contributed by atoms with Gasteiger partial charge in [0, 0.05) is 47.7 Å². The molecule has 0 aliphatic carbocycles. The Morgan fingerprint density at radius 2 is 1.95 bits per heavy atom. The molecule has 0 bridgehead atoms. The largest absolute Gasteiger partial charge is 0.384 e. The van der Waals surface area contributed by atoms with Gasteiger partial charge in [-0.3, -0.25) is 0 Å². The van der Waals surface area contributed by atoms with Crippen LogP contribution in [-0.2, 0) is 15.8 Å². The lowest BCUT2D eigenvalue weighted by Gasteiger charge is -2.46. The first-order chi connectivity index (χ1) is 20.3. The molecule has 5 rings (SSSR count). The van der Waals surface area contributed by atoms with E-state index in [1.165, 1.54) is 11.3 Å². The van der Waals surface area contributed by atoms with E-state index in [1.807, 2.05) is 31.4 Å². The maximum absolute atomic E-state index is 10.7. The number of aryl methyl sites for hydroxylation is 1. The highest BCUT2D eigenvalue weighted by molar-refractivity contribution is 5.71. The Bertz CT molecular complexity index is 1450. The van der Waals surface area contributed by atoms with Crippen LogP contribution in [0.5, 0.6) is 0 Å². The SMILES string of the molecule is CCCN(c1ccc(Nc2ncc3c(n2)N(c2cccc(C(C)(C)O)n2)[C@H]2CC(C)(C)OC[C@@]32C)cc1C)[C@@H](C)CNC. The minimum atomic E-state index is -1.06. The average Bonchev–Trinajstić information content (AvgIpc) is 3.18. The van der Waals surface area contributed by atoms with Crippen LogP contribution in [0.25, 0.3) is 0 Å². The quantitative estimate of drug-likeness (QED) is 0.266. The van der Waals surface area contributed by atoms with Crippen LogP contribution in [0.4, 0.5) is 29.0 Å². The van der Waals surface area contributed by atoms with Crippen LogP contribution < -0.4 is 20.4 Å². The molecule has 232 valence electrons. The lowest BCUT2D eigenvalue weighted by molar-refractivity contribution is -0.0893. The molecule has 0 unspecified atom stereocenters. The van der Waals surface area contributed by atoms with Crippen LogP contribution in [0, 0.1) is 6.92 Å². The van der Waals surface area contributed by atoms with E-state index >= 15 is 0 Å². The molecule has 3 aromatic rings. The predicted molar refractivity (Wildman–Crippen MR) is 175 cm³/mol. The molecule has 4 heterocycles. The predicted octanol–water partition coefficient (Wildman–Crippen LogP) is 5.95. The summed E-state index contributed by atoms with van der Waals surface area (Å²) in [4.78, 5) is 19.5. The van der Waals surface area contributed by atoms with Gasteiger partial charge in [-0.2, -0.15) is 4.98 Å². The van der Waals surface area contributed by atoms with Gasteiger partial charge in [-0.15, -0.1) is 0 Å². The average molecular weight is 588 g/mol. The molecule has 1 aromatic carbocycles. The topological polar surface area (TPSA) is 98.7 Å². The van der Waals surface area contributed by atoms with Gasteiger partial charge in [0.25, 0.3) is 0 Å². The first-order valence-corrected chi connectivity index (χ1v) is 15.6. The second-order valence-corrected chi connectivity index (χ2v) is 13.7. The molecule has 1 fully saturated rings. The van der Waals surface area contributed by atoms with Crippen LogP contribution in [0.15, 0.2) is 42.6 Å². The van der Waals surface area contributed by atoms with Crippen molar-refractivity contribution in [3.05, 3.63) is 59.4 Å². The number of ether oxygens (including phenoxy) is 1. The summed E-state index contributed by atoms with van der Waals surface area (Å²) in [5.41, 5.74) is 3.41. The number of hydrogen-bond acceptors (Lipinski definition) is 9. The fraction of sp³-hybridized carbons (Fsp3) is 0.559. The normalized spacial score (nSPS) is 21.7. The van der Waals surface area contributed by atoms with Gasteiger partial charge in [0.05, 0.1) is 23.9 Å². The third kappa shape index (κ3) is 6.08. The van der Waals surface area contributed by atoms with Crippen LogP contribution in [0.3, 0.4) is 0 Å². The summed E-state index contributed by atoms with van der Waals surface area (Å²) in [7, 11) is 2.00. The minimum absolute atomic E-state index is 0.0750. The monoisotopic (exact) mass is 587 g/mol. The second kappa shape index (κ2) is 11.7. The molecular weight excluding hydrogens is 538 g/mol. The van der Waals surface area contributed by atoms with E-state index in [0.717, 1.165) is 48.8 Å². The molecule has 0 amide bonds. The second-order valence-electron chi connectivity index (χ2n) is 13.7. The molecule has 1 saturated heterocycles. The number of likely N-dealkylation sites (N-methyl/N-ethyl adjacent to an activating group) is 1. The minimum Gasteiger partial charge on any atom is -0.384 e. The maximum atomic E-state index is 10.7. The molecule has 9 heteroatoms. The fourth-order valence-corrected chi connectivity index (χ4v) is 6.57. The Balaban J connectivity index is 1.51. The number of rotatable bonds is 10. The highest BCUT2D eigenvalue weighted by Crippen LogP contribution is 2.53. The van der Waals surface area contributed by atoms with Crippen LogP contribution in [0.1, 0.15) is 78.1 Å². The van der Waals surface area contributed by atoms with Crippen molar-refractivity contribution in [1.82, 2.24) is 20.3 Å². The Morgan fingerprint density at radius 3 is 2.63 bits per heavy atom. The van der Waals surface area contributed by atoms with Crippen molar-refractivity contribution in [2.24, 2.45) is 0 Å². The number of benzene rings is 1. The van der Waals surface area contributed by atoms with E-state index in [-0.39, 0.29) is 17.1 Å². The summed E-state index contributed by atoms with van der Waals surface area (Å²) in [6.07, 6.45) is 3.84. The molecule has 2 aliphatic rings. The highest BCUT2D eigenvalue weighted by atomic mass is 16.5. The summed E-state index contributed by atoms with van der Waals surface area (Å²) < 4.78 is 6.35. The summed E-state index contributed by atoms with van der Waals surface area (Å²) >= 11 is 0. The first kappa shape index (κ1) is 31.2. The Labute approximate surface area is 257 Å².